The van der Waals surface area contributed by atoms with Crippen LogP contribution in [0, 0.1) is 12.8 Å². The average molecular weight is 585 g/mol. The van der Waals surface area contributed by atoms with Gasteiger partial charge in [-0.2, -0.15) is 0 Å². The number of aromatic amines is 1. The molecule has 3 N–H and O–H groups in total. The molecule has 0 fully saturated rings. The highest BCUT2D eigenvalue weighted by Gasteiger charge is 2.22. The molecule has 2 rings (SSSR count). The van der Waals surface area contributed by atoms with Crippen molar-refractivity contribution in [3.05, 3.63) is 50.8 Å². The number of amides is 1. The Kier molecular flexibility index (Phi) is 14.4. The van der Waals surface area contributed by atoms with Crippen LogP contribution in [0.2, 0.25) is 0 Å². The summed E-state index contributed by atoms with van der Waals surface area (Å²) in [5, 5.41) is 21.4. The van der Waals surface area contributed by atoms with Gasteiger partial charge < -0.3 is 19.9 Å². The molecule has 11 heteroatoms. The molecular formula is C31H44N4O7. The molecule has 1 heterocycles. The molecule has 0 aliphatic carbocycles. The Labute approximate surface area is 247 Å². The van der Waals surface area contributed by atoms with Crippen LogP contribution in [0.25, 0.3) is 0 Å². The van der Waals surface area contributed by atoms with Crippen molar-refractivity contribution in [2.75, 3.05) is 19.8 Å². The zero-order chi connectivity index (χ0) is 31.1. The van der Waals surface area contributed by atoms with Gasteiger partial charge in [-0.1, -0.05) is 59.8 Å². The summed E-state index contributed by atoms with van der Waals surface area (Å²) in [7, 11) is 0. The highest BCUT2D eigenvalue weighted by molar-refractivity contribution is 5.99. The summed E-state index contributed by atoms with van der Waals surface area (Å²) >= 11 is 0. The third-order valence-electron chi connectivity index (χ3n) is 6.91. The fraction of sp³-hybridized carbons (Fsp3) is 0.548. The first-order valence-electron chi connectivity index (χ1n) is 14.8. The molecule has 0 saturated carbocycles. The van der Waals surface area contributed by atoms with E-state index in [1.165, 1.54) is 25.1 Å². The molecule has 0 aliphatic rings. The maximum absolute atomic E-state index is 13.0. The summed E-state index contributed by atoms with van der Waals surface area (Å²) in [5.74, 6) is -2.09. The summed E-state index contributed by atoms with van der Waals surface area (Å²) in [4.78, 5) is 53.4. The Balaban J connectivity index is 2.44. The molecule has 42 heavy (non-hydrogen) atoms. The van der Waals surface area contributed by atoms with Crippen LogP contribution in [0.3, 0.4) is 0 Å². The van der Waals surface area contributed by atoms with Crippen molar-refractivity contribution in [3.8, 4) is 5.88 Å². The standard InChI is InChI=1S/C31H44N4O7/c1-6-10-13-21(9-4)19-32-27(36)25-20(5)26(29(38)33-28(25)37)35-34-24-18-22(30(39)41-16-11-7-2)14-15-23(24)31(40)42-17-12-8-3/h14-15,18,21H,6-13,16-17,19H2,1-5H3,(H,32,36)(H2,33,37,38). The van der Waals surface area contributed by atoms with Gasteiger partial charge in [0.2, 0.25) is 5.88 Å². The predicted molar refractivity (Wildman–Crippen MR) is 160 cm³/mol. The third-order valence-corrected chi connectivity index (χ3v) is 6.91. The maximum atomic E-state index is 13.0. The lowest BCUT2D eigenvalue weighted by Gasteiger charge is -2.16. The van der Waals surface area contributed by atoms with Gasteiger partial charge in [0.15, 0.2) is 5.69 Å². The number of ether oxygens (including phenoxy) is 2. The number of aromatic nitrogens is 1. The summed E-state index contributed by atoms with van der Waals surface area (Å²) < 4.78 is 10.6. The third kappa shape index (κ3) is 9.81. The van der Waals surface area contributed by atoms with E-state index in [1.807, 2.05) is 13.8 Å². The summed E-state index contributed by atoms with van der Waals surface area (Å²) in [6.07, 6.45) is 7.04. The fourth-order valence-electron chi connectivity index (χ4n) is 4.16. The number of azo groups is 1. The van der Waals surface area contributed by atoms with Crippen molar-refractivity contribution in [2.24, 2.45) is 16.1 Å². The molecule has 1 atom stereocenters. The zero-order valence-corrected chi connectivity index (χ0v) is 25.4. The van der Waals surface area contributed by atoms with Gasteiger partial charge in [0.25, 0.3) is 11.5 Å². The van der Waals surface area contributed by atoms with E-state index in [9.17, 15) is 24.3 Å². The van der Waals surface area contributed by atoms with Crippen molar-refractivity contribution in [3.63, 3.8) is 0 Å². The highest BCUT2D eigenvalue weighted by atomic mass is 16.5. The van der Waals surface area contributed by atoms with Crippen molar-refractivity contribution in [2.45, 2.75) is 86.0 Å². The molecule has 0 radical (unpaired) electrons. The second-order valence-electron chi connectivity index (χ2n) is 10.2. The Morgan fingerprint density at radius 3 is 2.21 bits per heavy atom. The van der Waals surface area contributed by atoms with Crippen LogP contribution in [-0.2, 0) is 9.47 Å². The second kappa shape index (κ2) is 17.7. The maximum Gasteiger partial charge on any atom is 0.340 e. The van der Waals surface area contributed by atoms with E-state index in [4.69, 9.17) is 9.47 Å². The quantitative estimate of drug-likeness (QED) is 0.106. The van der Waals surface area contributed by atoms with Crippen LogP contribution >= 0.6 is 0 Å². The first kappa shape index (κ1) is 34.2. The van der Waals surface area contributed by atoms with Crippen LogP contribution in [0.1, 0.15) is 116 Å². The lowest BCUT2D eigenvalue weighted by molar-refractivity contribution is 0.0486. The first-order chi connectivity index (χ1) is 20.2. The van der Waals surface area contributed by atoms with E-state index in [-0.39, 0.29) is 52.8 Å². The highest BCUT2D eigenvalue weighted by Crippen LogP contribution is 2.28. The molecular weight excluding hydrogens is 540 g/mol. The molecule has 0 aliphatic heterocycles. The van der Waals surface area contributed by atoms with Gasteiger partial charge in [0.05, 0.1) is 24.3 Å². The number of aromatic hydroxyl groups is 1. The van der Waals surface area contributed by atoms with Crippen molar-refractivity contribution >= 4 is 29.2 Å². The van der Waals surface area contributed by atoms with Gasteiger partial charge in [0, 0.05) is 12.1 Å². The first-order valence-corrected chi connectivity index (χ1v) is 14.8. The van der Waals surface area contributed by atoms with E-state index >= 15 is 0 Å². The van der Waals surface area contributed by atoms with Gasteiger partial charge in [-0.05, 0) is 50.3 Å². The van der Waals surface area contributed by atoms with Crippen molar-refractivity contribution in [1.82, 2.24) is 10.3 Å². The SMILES string of the molecule is CCCCOC(=O)c1ccc(C(=O)OCCCC)c(N=Nc2c(C)c(C(=O)NCC(CC)CCCC)c(O)[nH]c2=O)c1. The van der Waals surface area contributed by atoms with Crippen LogP contribution < -0.4 is 10.9 Å². The molecule has 0 saturated heterocycles. The minimum Gasteiger partial charge on any atom is -0.494 e. The van der Waals surface area contributed by atoms with E-state index in [1.54, 1.807) is 0 Å². The number of nitrogens with one attached hydrogen (secondary N) is 2. The number of rotatable bonds is 17. The number of unbranched alkanes of at least 4 members (excludes halogenated alkanes) is 3. The van der Waals surface area contributed by atoms with Crippen LogP contribution in [0.5, 0.6) is 5.88 Å². The smallest absolute Gasteiger partial charge is 0.340 e. The number of esters is 2. The summed E-state index contributed by atoms with van der Waals surface area (Å²) in [5.41, 5.74) is -0.832. The molecule has 1 aromatic heterocycles. The Bertz CT molecular complexity index is 1300. The van der Waals surface area contributed by atoms with E-state index in [2.05, 4.69) is 34.4 Å². The molecule has 2 aromatic rings. The number of hydrogen-bond donors (Lipinski definition) is 3. The Hall–Kier alpha value is -4.02. The topological polar surface area (TPSA) is 160 Å². The van der Waals surface area contributed by atoms with Crippen molar-refractivity contribution in [1.29, 1.82) is 0 Å². The monoisotopic (exact) mass is 584 g/mol. The number of carbonyl (C=O) groups excluding carboxylic acids is 3. The van der Waals surface area contributed by atoms with Gasteiger partial charge >= 0.3 is 11.9 Å². The molecule has 0 spiro atoms. The van der Waals surface area contributed by atoms with E-state index in [0.29, 0.717) is 19.4 Å². The van der Waals surface area contributed by atoms with Gasteiger partial charge in [-0.15, -0.1) is 10.2 Å². The number of carbonyl (C=O) groups is 3. The van der Waals surface area contributed by atoms with Gasteiger partial charge in [0.1, 0.15) is 11.3 Å². The van der Waals surface area contributed by atoms with E-state index < -0.39 is 29.3 Å². The average Bonchev–Trinajstić information content (AvgIpc) is 2.97. The largest absolute Gasteiger partial charge is 0.494 e. The second-order valence-corrected chi connectivity index (χ2v) is 10.2. The molecule has 11 nitrogen and oxygen atoms in total. The minimum atomic E-state index is -0.776. The minimum absolute atomic E-state index is 0.0129. The normalized spacial score (nSPS) is 11.8. The fourth-order valence-corrected chi connectivity index (χ4v) is 4.16. The molecule has 1 aromatic carbocycles. The molecule has 230 valence electrons. The predicted octanol–water partition coefficient (Wildman–Crippen LogP) is 6.66. The number of hydrogen-bond acceptors (Lipinski definition) is 9. The summed E-state index contributed by atoms with van der Waals surface area (Å²) in [6, 6.07) is 4.18. The van der Waals surface area contributed by atoms with Gasteiger partial charge in [-0.25, -0.2) is 9.59 Å². The number of pyridine rings is 1. The molecule has 1 unspecified atom stereocenters. The Morgan fingerprint density at radius 1 is 0.952 bits per heavy atom. The van der Waals surface area contributed by atoms with E-state index in [0.717, 1.165) is 38.5 Å². The lowest BCUT2D eigenvalue weighted by Crippen LogP contribution is -2.30. The van der Waals surface area contributed by atoms with Crippen LogP contribution in [0.15, 0.2) is 33.2 Å². The molecule has 0 bridgehead atoms. The Morgan fingerprint density at radius 2 is 1.60 bits per heavy atom. The van der Waals surface area contributed by atoms with Crippen LogP contribution in [0.4, 0.5) is 11.4 Å². The van der Waals surface area contributed by atoms with Crippen molar-refractivity contribution < 1.29 is 29.0 Å². The van der Waals surface area contributed by atoms with Crippen LogP contribution in [-0.4, -0.2) is 47.7 Å². The number of benzene rings is 1. The molecule has 1 amide bonds. The lowest BCUT2D eigenvalue weighted by atomic mass is 9.99. The number of H-pyrrole nitrogens is 1. The zero-order valence-electron chi connectivity index (χ0n) is 25.4. The van der Waals surface area contributed by atoms with Gasteiger partial charge in [-0.3, -0.25) is 14.6 Å². The number of nitrogens with zero attached hydrogens (tertiary/aromatic N) is 2. The summed E-state index contributed by atoms with van der Waals surface area (Å²) in [6.45, 7) is 10.5.